The number of rotatable bonds is 10. The Kier molecular flexibility index (Phi) is 9.53. The van der Waals surface area contributed by atoms with Crippen molar-refractivity contribution < 1.29 is 18.0 Å². The van der Waals surface area contributed by atoms with Crippen molar-refractivity contribution in [1.29, 1.82) is 0 Å². The maximum absolute atomic E-state index is 13.6. The molecule has 2 aromatic carbocycles. The number of sulfonamides is 1. The third-order valence-corrected chi connectivity index (χ3v) is 6.93. The van der Waals surface area contributed by atoms with Crippen LogP contribution < -0.4 is 9.62 Å². The van der Waals surface area contributed by atoms with Gasteiger partial charge in [-0.25, -0.2) is 8.42 Å². The summed E-state index contributed by atoms with van der Waals surface area (Å²) >= 11 is 6.00. The Hall–Kier alpha value is -2.58. The Morgan fingerprint density at radius 3 is 2.15 bits per heavy atom. The predicted molar refractivity (Wildman–Crippen MR) is 137 cm³/mol. The summed E-state index contributed by atoms with van der Waals surface area (Å²) in [6.07, 6.45) is 1.45. The zero-order valence-corrected chi connectivity index (χ0v) is 22.2. The second-order valence-electron chi connectivity index (χ2n) is 8.77. The number of aryl methyl sites for hydroxylation is 2. The van der Waals surface area contributed by atoms with Gasteiger partial charge >= 0.3 is 0 Å². The third kappa shape index (κ3) is 7.46. The molecule has 0 aliphatic rings. The summed E-state index contributed by atoms with van der Waals surface area (Å²) in [5.41, 5.74) is 3.12. The highest BCUT2D eigenvalue weighted by Gasteiger charge is 2.32. The molecule has 0 heterocycles. The molecule has 2 aromatic rings. The molecule has 0 aliphatic carbocycles. The van der Waals surface area contributed by atoms with Crippen molar-refractivity contribution in [2.45, 2.75) is 59.7 Å². The number of halogens is 1. The van der Waals surface area contributed by atoms with E-state index < -0.39 is 28.5 Å². The Balaban J connectivity index is 2.45. The minimum atomic E-state index is -3.76. The average Bonchev–Trinajstić information content (AvgIpc) is 2.74. The van der Waals surface area contributed by atoms with Crippen LogP contribution in [0.1, 0.15) is 43.9 Å². The summed E-state index contributed by atoms with van der Waals surface area (Å²) < 4.78 is 26.4. The smallest absolute Gasteiger partial charge is 0.244 e. The van der Waals surface area contributed by atoms with Gasteiger partial charge in [0.05, 0.1) is 11.9 Å². The first kappa shape index (κ1) is 27.7. The second-order valence-corrected chi connectivity index (χ2v) is 11.1. The van der Waals surface area contributed by atoms with Gasteiger partial charge in [0.1, 0.15) is 12.6 Å². The molecule has 1 atom stereocenters. The number of carbonyl (C=O) groups excluding carboxylic acids is 2. The summed E-state index contributed by atoms with van der Waals surface area (Å²) in [7, 11) is -3.76. The Morgan fingerprint density at radius 1 is 1.03 bits per heavy atom. The quantitative estimate of drug-likeness (QED) is 0.525. The monoisotopic (exact) mass is 507 g/mol. The van der Waals surface area contributed by atoms with E-state index in [1.807, 2.05) is 40.7 Å². The van der Waals surface area contributed by atoms with Gasteiger partial charge in [0.25, 0.3) is 0 Å². The molecule has 2 amide bonds. The highest BCUT2D eigenvalue weighted by Crippen LogP contribution is 2.23. The maximum Gasteiger partial charge on any atom is 0.244 e. The number of amides is 2. The predicted octanol–water partition coefficient (Wildman–Crippen LogP) is 4.05. The van der Waals surface area contributed by atoms with Gasteiger partial charge in [0.15, 0.2) is 0 Å². The second kappa shape index (κ2) is 11.7. The largest absolute Gasteiger partial charge is 0.352 e. The number of nitrogens with zero attached hydrogens (tertiary/aromatic N) is 2. The van der Waals surface area contributed by atoms with E-state index in [-0.39, 0.29) is 18.5 Å². The number of benzene rings is 2. The van der Waals surface area contributed by atoms with Crippen LogP contribution in [-0.4, -0.2) is 50.0 Å². The molecular weight excluding hydrogens is 474 g/mol. The fourth-order valence-electron chi connectivity index (χ4n) is 3.58. The summed E-state index contributed by atoms with van der Waals surface area (Å²) in [5.74, 6) is -0.749. The molecule has 186 valence electrons. The van der Waals surface area contributed by atoms with Crippen molar-refractivity contribution in [3.63, 3.8) is 0 Å². The molecule has 0 saturated heterocycles. The number of anilines is 1. The highest BCUT2D eigenvalue weighted by atomic mass is 35.5. The van der Waals surface area contributed by atoms with E-state index in [9.17, 15) is 18.0 Å². The Bertz CT molecular complexity index is 1120. The van der Waals surface area contributed by atoms with E-state index in [0.29, 0.717) is 17.1 Å². The summed E-state index contributed by atoms with van der Waals surface area (Å²) in [6.45, 7) is 9.07. The lowest BCUT2D eigenvalue weighted by molar-refractivity contribution is -0.140. The molecule has 9 heteroatoms. The lowest BCUT2D eigenvalue weighted by Gasteiger charge is -2.33. The molecule has 1 N–H and O–H groups in total. The Morgan fingerprint density at radius 2 is 1.65 bits per heavy atom. The van der Waals surface area contributed by atoms with Crippen LogP contribution in [0.15, 0.2) is 42.5 Å². The van der Waals surface area contributed by atoms with E-state index in [1.165, 1.54) is 4.90 Å². The fraction of sp³-hybridized carbons (Fsp3) is 0.440. The van der Waals surface area contributed by atoms with Crippen molar-refractivity contribution in [2.24, 2.45) is 0 Å². The van der Waals surface area contributed by atoms with Crippen LogP contribution in [0.3, 0.4) is 0 Å². The SMILES string of the molecule is CC[C@@H](C(=O)NC(C)C)N(Cc1ccc(Cl)cc1)C(=O)CN(c1ccc(C)c(C)c1)S(C)(=O)=O. The van der Waals surface area contributed by atoms with Crippen LogP contribution in [0.2, 0.25) is 5.02 Å². The summed E-state index contributed by atoms with van der Waals surface area (Å²) in [6, 6.07) is 11.4. The molecule has 0 fully saturated rings. The standard InChI is InChI=1S/C25H34ClN3O4S/c1-7-23(25(31)27-17(2)3)28(15-20-9-11-21(26)12-10-20)24(30)16-29(34(6,32)33)22-13-8-18(4)19(5)14-22/h8-14,17,23H,7,15-16H2,1-6H3,(H,27,31)/t23-/m0/s1. The van der Waals surface area contributed by atoms with E-state index in [0.717, 1.165) is 27.3 Å². The summed E-state index contributed by atoms with van der Waals surface area (Å²) in [4.78, 5) is 28.0. The topological polar surface area (TPSA) is 86.8 Å². The van der Waals surface area contributed by atoms with Crippen LogP contribution in [-0.2, 0) is 26.2 Å². The molecule has 7 nitrogen and oxygen atoms in total. The minimum absolute atomic E-state index is 0.0999. The average molecular weight is 508 g/mol. The van der Waals surface area contributed by atoms with Crippen LogP contribution >= 0.6 is 11.6 Å². The normalized spacial score (nSPS) is 12.4. The molecular formula is C25H34ClN3O4S. The zero-order chi connectivity index (χ0) is 25.6. The van der Waals surface area contributed by atoms with Gasteiger partial charge in [0.2, 0.25) is 21.8 Å². The molecule has 0 aromatic heterocycles. The lowest BCUT2D eigenvalue weighted by atomic mass is 10.1. The zero-order valence-electron chi connectivity index (χ0n) is 20.6. The van der Waals surface area contributed by atoms with E-state index >= 15 is 0 Å². The van der Waals surface area contributed by atoms with E-state index in [2.05, 4.69) is 5.32 Å². The van der Waals surface area contributed by atoms with Crippen LogP contribution in [0.25, 0.3) is 0 Å². The molecule has 0 radical (unpaired) electrons. The van der Waals surface area contributed by atoms with Crippen molar-refractivity contribution in [2.75, 3.05) is 17.1 Å². The first-order chi connectivity index (χ1) is 15.8. The van der Waals surface area contributed by atoms with Gasteiger partial charge in [-0.3, -0.25) is 13.9 Å². The number of carbonyl (C=O) groups is 2. The van der Waals surface area contributed by atoms with Gasteiger partial charge < -0.3 is 10.2 Å². The highest BCUT2D eigenvalue weighted by molar-refractivity contribution is 7.92. The number of hydrogen-bond donors (Lipinski definition) is 1. The van der Waals surface area contributed by atoms with E-state index in [4.69, 9.17) is 11.6 Å². The van der Waals surface area contributed by atoms with Crippen molar-refractivity contribution in [1.82, 2.24) is 10.2 Å². The molecule has 0 unspecified atom stereocenters. The molecule has 0 aliphatic heterocycles. The summed E-state index contributed by atoms with van der Waals surface area (Å²) in [5, 5.41) is 3.43. The van der Waals surface area contributed by atoms with Gasteiger partial charge in [-0.2, -0.15) is 0 Å². The van der Waals surface area contributed by atoms with Gasteiger partial charge in [0, 0.05) is 17.6 Å². The molecule has 0 bridgehead atoms. The van der Waals surface area contributed by atoms with Crippen LogP contribution in [0.4, 0.5) is 5.69 Å². The first-order valence-electron chi connectivity index (χ1n) is 11.2. The van der Waals surface area contributed by atoms with Gasteiger partial charge in [-0.05, 0) is 75.1 Å². The molecule has 0 saturated carbocycles. The molecule has 0 spiro atoms. The van der Waals surface area contributed by atoms with Gasteiger partial charge in [-0.15, -0.1) is 0 Å². The third-order valence-electron chi connectivity index (χ3n) is 5.54. The number of nitrogens with one attached hydrogen (secondary N) is 1. The number of hydrogen-bond acceptors (Lipinski definition) is 4. The Labute approximate surface area is 208 Å². The molecule has 34 heavy (non-hydrogen) atoms. The molecule has 2 rings (SSSR count). The van der Waals surface area contributed by atoms with Crippen molar-refractivity contribution >= 4 is 39.1 Å². The minimum Gasteiger partial charge on any atom is -0.352 e. The van der Waals surface area contributed by atoms with Crippen LogP contribution in [0.5, 0.6) is 0 Å². The van der Waals surface area contributed by atoms with Crippen molar-refractivity contribution in [3.05, 3.63) is 64.2 Å². The van der Waals surface area contributed by atoms with E-state index in [1.54, 1.807) is 36.4 Å². The van der Waals surface area contributed by atoms with Gasteiger partial charge in [-0.1, -0.05) is 36.7 Å². The fourth-order valence-corrected chi connectivity index (χ4v) is 4.55. The maximum atomic E-state index is 13.6. The lowest BCUT2D eigenvalue weighted by Crippen LogP contribution is -2.53. The van der Waals surface area contributed by atoms with Crippen LogP contribution in [0, 0.1) is 13.8 Å². The first-order valence-corrected chi connectivity index (χ1v) is 13.4. The van der Waals surface area contributed by atoms with Crippen molar-refractivity contribution in [3.8, 4) is 0 Å².